The van der Waals surface area contributed by atoms with Crippen molar-refractivity contribution in [1.82, 2.24) is 10.2 Å². The van der Waals surface area contributed by atoms with Crippen LogP contribution in [0.5, 0.6) is 0 Å². The Morgan fingerprint density at radius 3 is 2.54 bits per heavy atom. The van der Waals surface area contributed by atoms with Gasteiger partial charge in [0.05, 0.1) is 5.70 Å². The average Bonchev–Trinajstić information content (AvgIpc) is 2.91. The van der Waals surface area contributed by atoms with Gasteiger partial charge in [-0.2, -0.15) is 0 Å². The number of benzene rings is 2. The van der Waals surface area contributed by atoms with Crippen molar-refractivity contribution in [2.45, 2.75) is 72.1 Å². The smallest absolute Gasteiger partial charge is 0.267 e. The van der Waals surface area contributed by atoms with Gasteiger partial charge in [0, 0.05) is 25.2 Å². The maximum absolute atomic E-state index is 15.3. The van der Waals surface area contributed by atoms with Crippen LogP contribution in [0.2, 0.25) is 0 Å². The fourth-order valence-electron chi connectivity index (χ4n) is 5.11. The molecule has 1 amide bonds. The lowest BCUT2D eigenvalue weighted by molar-refractivity contribution is -0.117. The molecule has 2 N–H and O–H groups in total. The first kappa shape index (κ1) is 30.4. The highest BCUT2D eigenvalue weighted by Gasteiger charge is 2.13. The third kappa shape index (κ3) is 9.21. The molecule has 3 rings (SSSR count). The van der Waals surface area contributed by atoms with E-state index in [1.807, 2.05) is 0 Å². The number of hydrogen-bond acceptors (Lipinski definition) is 3. The lowest BCUT2D eigenvalue weighted by atomic mass is 9.96. The summed E-state index contributed by atoms with van der Waals surface area (Å²) in [5.74, 6) is -0.579. The van der Waals surface area contributed by atoms with E-state index in [-0.39, 0.29) is 17.4 Å². The van der Waals surface area contributed by atoms with E-state index in [9.17, 15) is 4.79 Å². The monoisotopic (exact) mass is 531 g/mol. The fourth-order valence-corrected chi connectivity index (χ4v) is 5.11. The van der Waals surface area contributed by atoms with Gasteiger partial charge in [-0.25, -0.2) is 4.39 Å². The van der Waals surface area contributed by atoms with Crippen LogP contribution < -0.4 is 21.1 Å². The third-order valence-corrected chi connectivity index (χ3v) is 7.37. The number of nitrogens with one attached hydrogen (secondary N) is 2. The SMILES string of the molecule is C=C(Nc1ccc(CC(/C=C\CCC)=c2\cc(CCC)c(C)cc2=C)c(F)c1)C(=O)NCCN1CCCCC1. The largest absolute Gasteiger partial charge is 0.351 e. The third-order valence-electron chi connectivity index (χ3n) is 7.37. The first-order chi connectivity index (χ1) is 18.8. The van der Waals surface area contributed by atoms with Gasteiger partial charge >= 0.3 is 0 Å². The maximum Gasteiger partial charge on any atom is 0.267 e. The van der Waals surface area contributed by atoms with Gasteiger partial charge in [-0.3, -0.25) is 4.79 Å². The van der Waals surface area contributed by atoms with Crippen LogP contribution in [0.15, 0.2) is 54.8 Å². The minimum absolute atomic E-state index is 0.209. The van der Waals surface area contributed by atoms with Crippen molar-refractivity contribution in [3.05, 3.63) is 87.7 Å². The highest BCUT2D eigenvalue weighted by molar-refractivity contribution is 5.95. The summed E-state index contributed by atoms with van der Waals surface area (Å²) in [6, 6.07) is 9.41. The quantitative estimate of drug-likeness (QED) is 0.322. The van der Waals surface area contributed by atoms with Gasteiger partial charge in [-0.1, -0.05) is 76.6 Å². The highest BCUT2D eigenvalue weighted by atomic mass is 19.1. The summed E-state index contributed by atoms with van der Waals surface area (Å²) in [6.45, 7) is 18.2. The Morgan fingerprint density at radius 1 is 1.08 bits per heavy atom. The van der Waals surface area contributed by atoms with Crippen molar-refractivity contribution < 1.29 is 9.18 Å². The van der Waals surface area contributed by atoms with Crippen LogP contribution in [0.25, 0.3) is 12.2 Å². The molecular weight excluding hydrogens is 485 g/mol. The van der Waals surface area contributed by atoms with Gasteiger partial charge in [-0.15, -0.1) is 0 Å². The predicted octanol–water partition coefficient (Wildman–Crippen LogP) is 5.77. The summed E-state index contributed by atoms with van der Waals surface area (Å²) < 4.78 is 15.3. The Labute approximate surface area is 234 Å². The van der Waals surface area contributed by atoms with Gasteiger partial charge in [0.25, 0.3) is 5.91 Å². The average molecular weight is 532 g/mol. The molecule has 1 saturated heterocycles. The van der Waals surface area contributed by atoms with Crippen molar-refractivity contribution in [1.29, 1.82) is 0 Å². The molecule has 0 atom stereocenters. The van der Waals surface area contributed by atoms with Gasteiger partial charge in [0.2, 0.25) is 0 Å². The predicted molar refractivity (Wildman–Crippen MR) is 164 cm³/mol. The summed E-state index contributed by atoms with van der Waals surface area (Å²) >= 11 is 0. The number of allylic oxidation sites excluding steroid dienone is 2. The number of carbonyl (C=O) groups is 1. The molecule has 0 spiro atoms. The van der Waals surface area contributed by atoms with E-state index in [2.05, 4.69) is 73.7 Å². The van der Waals surface area contributed by atoms with Crippen molar-refractivity contribution >= 4 is 23.7 Å². The molecule has 0 bridgehead atoms. The molecule has 1 fully saturated rings. The van der Waals surface area contributed by atoms with E-state index in [0.29, 0.717) is 24.2 Å². The number of halogens is 1. The second-order valence-corrected chi connectivity index (χ2v) is 10.6. The van der Waals surface area contributed by atoms with Crippen LogP contribution >= 0.6 is 0 Å². The summed E-state index contributed by atoms with van der Waals surface area (Å²) in [6.07, 6.45) is 12.6. The van der Waals surface area contributed by atoms with Crippen LogP contribution in [0, 0.1) is 12.7 Å². The number of aryl methyl sites for hydroxylation is 2. The summed E-state index contributed by atoms with van der Waals surface area (Å²) in [4.78, 5) is 14.9. The lowest BCUT2D eigenvalue weighted by Crippen LogP contribution is -2.38. The molecule has 4 nitrogen and oxygen atoms in total. The summed E-state index contributed by atoms with van der Waals surface area (Å²) in [5, 5.41) is 7.92. The molecule has 1 heterocycles. The molecule has 2 aromatic rings. The molecule has 0 saturated carbocycles. The van der Waals surface area contributed by atoms with Crippen LogP contribution in [0.3, 0.4) is 0 Å². The molecule has 210 valence electrons. The minimum atomic E-state index is -0.314. The molecule has 0 aliphatic carbocycles. The molecule has 1 aliphatic heterocycles. The zero-order chi connectivity index (χ0) is 28.2. The number of anilines is 1. The topological polar surface area (TPSA) is 44.4 Å². The van der Waals surface area contributed by atoms with E-state index in [1.165, 1.54) is 36.5 Å². The van der Waals surface area contributed by atoms with Crippen LogP contribution in [0.4, 0.5) is 10.1 Å². The molecule has 2 aromatic carbocycles. The first-order valence-corrected chi connectivity index (χ1v) is 14.6. The Bertz CT molecular complexity index is 1270. The molecule has 0 radical (unpaired) electrons. The number of hydrogen-bond donors (Lipinski definition) is 2. The Hall–Kier alpha value is -3.18. The van der Waals surface area contributed by atoms with Gasteiger partial charge in [-0.05, 0) is 90.5 Å². The van der Waals surface area contributed by atoms with E-state index in [4.69, 9.17) is 0 Å². The summed E-state index contributed by atoms with van der Waals surface area (Å²) in [7, 11) is 0. The number of nitrogens with zero attached hydrogens (tertiary/aromatic N) is 1. The van der Waals surface area contributed by atoms with E-state index in [1.54, 1.807) is 12.1 Å². The second-order valence-electron chi connectivity index (χ2n) is 10.6. The van der Waals surface area contributed by atoms with Crippen molar-refractivity contribution in [2.24, 2.45) is 0 Å². The molecule has 1 aliphatic rings. The molecular formula is C34H46FN3O. The zero-order valence-corrected chi connectivity index (χ0v) is 24.2. The highest BCUT2D eigenvalue weighted by Crippen LogP contribution is 2.20. The standard InChI is InChI=1S/C34H46FN3O/c1-6-8-10-14-29(32-23-28(13-7-2)25(3)21-26(32)4)22-30-15-16-31(24-33(30)35)37-27(5)34(39)36-17-20-38-18-11-9-12-19-38/h10,14-16,21,23-24,37H,4-9,11-13,17-20,22H2,1-3H3,(H,36,39)/b14-10-,32-29+. The number of piperidine rings is 1. The van der Waals surface area contributed by atoms with Crippen molar-refractivity contribution in [3.8, 4) is 0 Å². The second kappa shape index (κ2) is 15.4. The number of unbranched alkanes of at least 4 members (excludes halogenated alkanes) is 1. The van der Waals surface area contributed by atoms with E-state index in [0.717, 1.165) is 61.3 Å². The van der Waals surface area contributed by atoms with Crippen LogP contribution in [-0.4, -0.2) is 37.0 Å². The van der Waals surface area contributed by atoms with Crippen LogP contribution in [0.1, 0.15) is 69.1 Å². The van der Waals surface area contributed by atoms with Gasteiger partial charge < -0.3 is 15.5 Å². The maximum atomic E-state index is 15.3. The van der Waals surface area contributed by atoms with Crippen LogP contribution in [-0.2, 0) is 17.6 Å². The number of amides is 1. The molecule has 5 heteroatoms. The Morgan fingerprint density at radius 2 is 1.85 bits per heavy atom. The Kier molecular flexibility index (Phi) is 12.0. The van der Waals surface area contributed by atoms with Gasteiger partial charge in [0.15, 0.2) is 0 Å². The van der Waals surface area contributed by atoms with E-state index < -0.39 is 0 Å². The molecule has 39 heavy (non-hydrogen) atoms. The molecule has 0 unspecified atom stereocenters. The normalized spacial score (nSPS) is 14.9. The van der Waals surface area contributed by atoms with Crippen molar-refractivity contribution in [2.75, 3.05) is 31.5 Å². The first-order valence-electron chi connectivity index (χ1n) is 14.6. The Balaban J connectivity index is 1.73. The number of rotatable bonds is 13. The minimum Gasteiger partial charge on any atom is -0.351 e. The lowest BCUT2D eigenvalue weighted by Gasteiger charge is -2.26. The number of carbonyl (C=O) groups excluding carboxylic acids is 1. The van der Waals surface area contributed by atoms with Gasteiger partial charge in [0.1, 0.15) is 5.82 Å². The summed E-state index contributed by atoms with van der Waals surface area (Å²) in [5.41, 5.74) is 4.94. The number of likely N-dealkylation sites (tertiary alicyclic amines) is 1. The zero-order valence-electron chi connectivity index (χ0n) is 24.2. The molecule has 0 aromatic heterocycles. The van der Waals surface area contributed by atoms with Crippen molar-refractivity contribution in [3.63, 3.8) is 0 Å². The van der Waals surface area contributed by atoms with E-state index >= 15 is 4.39 Å². The fraction of sp³-hybridized carbons (Fsp3) is 0.441.